The first kappa shape index (κ1) is 26.6. The number of hydrogen-bond acceptors (Lipinski definition) is 9. The van der Waals surface area contributed by atoms with Crippen LogP contribution in [0.5, 0.6) is 0 Å². The van der Waals surface area contributed by atoms with Crippen LogP contribution < -0.4 is 5.32 Å². The van der Waals surface area contributed by atoms with E-state index in [0.717, 1.165) is 22.5 Å². The molecule has 2 N–H and O–H groups in total. The molecule has 0 unspecified atom stereocenters. The number of carbonyl (C=O) groups is 4. The van der Waals surface area contributed by atoms with Crippen molar-refractivity contribution in [3.05, 3.63) is 69.6 Å². The molecule has 2 heterocycles. The zero-order chi connectivity index (χ0) is 27.4. The highest BCUT2D eigenvalue weighted by Gasteiger charge is 2.27. The van der Waals surface area contributed by atoms with E-state index in [-0.39, 0.29) is 27.6 Å². The Bertz CT molecular complexity index is 1540. The number of nitrogens with one attached hydrogen (secondary N) is 2. The minimum Gasteiger partial charge on any atom is -0.465 e. The number of aromatic nitrogens is 2. The van der Waals surface area contributed by atoms with Gasteiger partial charge in [-0.1, -0.05) is 29.8 Å². The summed E-state index contributed by atoms with van der Waals surface area (Å²) in [6.07, 6.45) is 0. The maximum absolute atomic E-state index is 12.6. The van der Waals surface area contributed by atoms with Gasteiger partial charge < -0.3 is 24.5 Å². The fourth-order valence-electron chi connectivity index (χ4n) is 3.70. The van der Waals surface area contributed by atoms with Crippen LogP contribution in [0.25, 0.3) is 22.4 Å². The van der Waals surface area contributed by atoms with Crippen LogP contribution in [0.2, 0.25) is 0 Å². The van der Waals surface area contributed by atoms with Crippen LogP contribution in [0, 0.1) is 13.8 Å². The molecule has 0 aliphatic heterocycles. The number of amides is 1. The van der Waals surface area contributed by atoms with Crippen molar-refractivity contribution in [1.29, 1.82) is 0 Å². The minimum atomic E-state index is -0.723. The maximum Gasteiger partial charge on any atom is 0.348 e. The van der Waals surface area contributed by atoms with Gasteiger partial charge in [-0.15, -0.1) is 11.3 Å². The molecule has 0 spiro atoms. The molecular formula is C27H25N3O7S. The third kappa shape index (κ3) is 5.57. The Morgan fingerprint density at radius 1 is 0.974 bits per heavy atom. The number of aryl methyl sites for hydroxylation is 1. The standard InChI is InChI=1S/C27H25N3O7S/c1-5-36-27(34)22-15(3)21(26(33)35-4)24(38-22)30-20(31)13-37-25(32)17-10-11-18-19(12-17)29-23(28-18)16-8-6-14(2)7-9-16/h6-12H,5,13H2,1-4H3,(H,28,29)(H,30,31). The minimum absolute atomic E-state index is 0.0364. The summed E-state index contributed by atoms with van der Waals surface area (Å²) in [7, 11) is 1.19. The number of carbonyl (C=O) groups excluding carboxylic acids is 4. The molecule has 0 fully saturated rings. The molecule has 0 atom stereocenters. The number of fused-ring (bicyclic) bond motifs is 1. The molecule has 0 bridgehead atoms. The zero-order valence-electron chi connectivity index (χ0n) is 21.2. The average molecular weight is 536 g/mol. The van der Waals surface area contributed by atoms with Crippen LogP contribution in [0.4, 0.5) is 5.00 Å². The molecule has 0 saturated carbocycles. The van der Waals surface area contributed by atoms with Gasteiger partial charge in [0.25, 0.3) is 5.91 Å². The fraction of sp³-hybridized carbons (Fsp3) is 0.222. The molecule has 4 rings (SSSR count). The van der Waals surface area contributed by atoms with E-state index in [9.17, 15) is 19.2 Å². The number of methoxy groups -OCH3 is 1. The first-order valence-electron chi connectivity index (χ1n) is 11.6. The van der Waals surface area contributed by atoms with Crippen LogP contribution >= 0.6 is 11.3 Å². The van der Waals surface area contributed by atoms with Gasteiger partial charge in [-0.05, 0) is 44.5 Å². The summed E-state index contributed by atoms with van der Waals surface area (Å²) in [5.74, 6) is -2.08. The van der Waals surface area contributed by atoms with Gasteiger partial charge in [0.1, 0.15) is 15.7 Å². The molecule has 0 saturated heterocycles. The van der Waals surface area contributed by atoms with E-state index in [1.807, 2.05) is 31.2 Å². The van der Waals surface area contributed by atoms with Crippen molar-refractivity contribution >= 4 is 51.2 Å². The van der Waals surface area contributed by atoms with Gasteiger partial charge in [0.2, 0.25) is 0 Å². The number of anilines is 1. The van der Waals surface area contributed by atoms with Gasteiger partial charge in [0.05, 0.1) is 35.9 Å². The van der Waals surface area contributed by atoms with Gasteiger partial charge in [-0.25, -0.2) is 19.4 Å². The second kappa shape index (κ2) is 11.3. The van der Waals surface area contributed by atoms with Crippen molar-refractivity contribution in [2.45, 2.75) is 20.8 Å². The molecular weight excluding hydrogens is 510 g/mol. The van der Waals surface area contributed by atoms with Gasteiger partial charge >= 0.3 is 17.9 Å². The van der Waals surface area contributed by atoms with Crippen molar-refractivity contribution in [2.75, 3.05) is 25.6 Å². The van der Waals surface area contributed by atoms with E-state index in [0.29, 0.717) is 22.4 Å². The summed E-state index contributed by atoms with van der Waals surface area (Å²) in [5.41, 5.74) is 3.96. The Kier molecular flexibility index (Phi) is 7.87. The first-order valence-corrected chi connectivity index (χ1v) is 12.5. The molecule has 2 aromatic carbocycles. The lowest BCUT2D eigenvalue weighted by atomic mass is 10.1. The SMILES string of the molecule is CCOC(=O)c1sc(NC(=O)COC(=O)c2ccc3nc(-c4ccc(C)cc4)[nH]c3c2)c(C(=O)OC)c1C. The smallest absolute Gasteiger partial charge is 0.348 e. The molecule has 4 aromatic rings. The number of hydrogen-bond donors (Lipinski definition) is 2. The van der Waals surface area contributed by atoms with E-state index < -0.39 is 30.4 Å². The molecule has 2 aromatic heterocycles. The Hall–Kier alpha value is -4.51. The number of esters is 3. The normalized spacial score (nSPS) is 10.7. The van der Waals surface area contributed by atoms with Crippen molar-refractivity contribution in [1.82, 2.24) is 9.97 Å². The molecule has 11 heteroatoms. The molecule has 0 aliphatic carbocycles. The third-order valence-electron chi connectivity index (χ3n) is 5.63. The van der Waals surface area contributed by atoms with Crippen molar-refractivity contribution in [3.8, 4) is 11.4 Å². The fourth-order valence-corrected chi connectivity index (χ4v) is 4.81. The van der Waals surface area contributed by atoms with Gasteiger partial charge in [0.15, 0.2) is 6.61 Å². The lowest BCUT2D eigenvalue weighted by Crippen LogP contribution is -2.21. The average Bonchev–Trinajstić information content (AvgIpc) is 3.47. The summed E-state index contributed by atoms with van der Waals surface area (Å²) in [6, 6.07) is 12.7. The maximum atomic E-state index is 12.6. The topological polar surface area (TPSA) is 137 Å². The Balaban J connectivity index is 1.45. The third-order valence-corrected chi connectivity index (χ3v) is 6.81. The summed E-state index contributed by atoms with van der Waals surface area (Å²) in [4.78, 5) is 57.6. The van der Waals surface area contributed by atoms with Crippen LogP contribution in [-0.4, -0.2) is 54.1 Å². The van der Waals surface area contributed by atoms with Gasteiger partial charge in [-0.2, -0.15) is 0 Å². The van der Waals surface area contributed by atoms with E-state index in [4.69, 9.17) is 14.2 Å². The van der Waals surface area contributed by atoms with Crippen LogP contribution in [0.1, 0.15) is 48.4 Å². The molecule has 1 amide bonds. The van der Waals surface area contributed by atoms with E-state index >= 15 is 0 Å². The number of rotatable bonds is 8. The van der Waals surface area contributed by atoms with Crippen LogP contribution in [-0.2, 0) is 19.0 Å². The van der Waals surface area contributed by atoms with Crippen molar-refractivity contribution < 1.29 is 33.4 Å². The number of nitrogens with zero attached hydrogens (tertiary/aromatic N) is 1. The summed E-state index contributed by atoms with van der Waals surface area (Å²) in [6.45, 7) is 4.76. The highest BCUT2D eigenvalue weighted by atomic mass is 32.1. The largest absolute Gasteiger partial charge is 0.465 e. The summed E-state index contributed by atoms with van der Waals surface area (Å²) >= 11 is 0.881. The monoisotopic (exact) mass is 535 g/mol. The van der Waals surface area contributed by atoms with Gasteiger partial charge in [-0.3, -0.25) is 4.79 Å². The predicted molar refractivity (Wildman–Crippen MR) is 142 cm³/mol. The van der Waals surface area contributed by atoms with E-state index in [1.165, 1.54) is 7.11 Å². The second-order valence-corrected chi connectivity index (χ2v) is 9.30. The lowest BCUT2D eigenvalue weighted by molar-refractivity contribution is -0.119. The number of aromatic amines is 1. The number of imidazole rings is 1. The number of benzene rings is 2. The molecule has 38 heavy (non-hydrogen) atoms. The quantitative estimate of drug-likeness (QED) is 0.245. The first-order chi connectivity index (χ1) is 18.2. The van der Waals surface area contributed by atoms with Crippen LogP contribution in [0.15, 0.2) is 42.5 Å². The zero-order valence-corrected chi connectivity index (χ0v) is 22.0. The number of ether oxygens (including phenoxy) is 3. The molecule has 0 radical (unpaired) electrons. The lowest BCUT2D eigenvalue weighted by Gasteiger charge is -2.07. The number of thiophene rings is 1. The van der Waals surface area contributed by atoms with Crippen molar-refractivity contribution in [3.63, 3.8) is 0 Å². The van der Waals surface area contributed by atoms with Crippen molar-refractivity contribution in [2.24, 2.45) is 0 Å². The van der Waals surface area contributed by atoms with Crippen LogP contribution in [0.3, 0.4) is 0 Å². The van der Waals surface area contributed by atoms with Gasteiger partial charge in [0, 0.05) is 5.56 Å². The van der Waals surface area contributed by atoms with E-state index in [1.54, 1.807) is 32.0 Å². The highest BCUT2D eigenvalue weighted by Crippen LogP contribution is 2.34. The molecule has 0 aliphatic rings. The molecule has 196 valence electrons. The Labute approximate surface area is 221 Å². The highest BCUT2D eigenvalue weighted by molar-refractivity contribution is 7.18. The summed E-state index contributed by atoms with van der Waals surface area (Å²) < 4.78 is 15.0. The Morgan fingerprint density at radius 3 is 2.39 bits per heavy atom. The summed E-state index contributed by atoms with van der Waals surface area (Å²) in [5, 5.41) is 2.62. The second-order valence-electron chi connectivity index (χ2n) is 8.28. The Morgan fingerprint density at radius 2 is 1.71 bits per heavy atom. The van der Waals surface area contributed by atoms with E-state index in [2.05, 4.69) is 15.3 Å². The molecule has 10 nitrogen and oxygen atoms in total. The number of H-pyrrole nitrogens is 1. The predicted octanol–water partition coefficient (Wildman–Crippen LogP) is 4.67.